The number of hydrogen-bond donors (Lipinski definition) is 1. The predicted molar refractivity (Wildman–Crippen MR) is 88.1 cm³/mol. The third-order valence-corrected chi connectivity index (χ3v) is 4.53. The van der Waals surface area contributed by atoms with Crippen LogP contribution in [0.5, 0.6) is 5.75 Å². The molecule has 1 amide bonds. The summed E-state index contributed by atoms with van der Waals surface area (Å²) in [6, 6.07) is 5.73. The molecule has 4 nitrogen and oxygen atoms in total. The van der Waals surface area contributed by atoms with Gasteiger partial charge in [0.15, 0.2) is 5.13 Å². The average molecular weight is 306 g/mol. The van der Waals surface area contributed by atoms with Crippen LogP contribution in [0, 0.1) is 5.92 Å². The third kappa shape index (κ3) is 3.94. The molecular formula is C16H22N2O2S. The summed E-state index contributed by atoms with van der Waals surface area (Å²) in [5.41, 5.74) is 0.887. The maximum atomic E-state index is 12.3. The second kappa shape index (κ2) is 7.41. The van der Waals surface area contributed by atoms with Crippen LogP contribution in [-0.2, 0) is 4.79 Å². The minimum atomic E-state index is 0.0755. The van der Waals surface area contributed by atoms with Crippen LogP contribution < -0.4 is 10.1 Å². The molecule has 0 saturated carbocycles. The van der Waals surface area contributed by atoms with Crippen LogP contribution in [0.15, 0.2) is 18.2 Å². The van der Waals surface area contributed by atoms with Gasteiger partial charge in [0, 0.05) is 5.92 Å². The number of anilines is 1. The lowest BCUT2D eigenvalue weighted by atomic mass is 9.99. The molecule has 21 heavy (non-hydrogen) atoms. The van der Waals surface area contributed by atoms with Crippen molar-refractivity contribution in [2.24, 2.45) is 5.92 Å². The molecule has 1 aromatic heterocycles. The summed E-state index contributed by atoms with van der Waals surface area (Å²) in [6.45, 7) is 4.20. The molecule has 0 radical (unpaired) electrons. The first-order valence-electron chi connectivity index (χ1n) is 7.43. The van der Waals surface area contributed by atoms with Gasteiger partial charge < -0.3 is 10.1 Å². The van der Waals surface area contributed by atoms with E-state index in [1.54, 1.807) is 7.11 Å². The molecule has 2 rings (SSSR count). The van der Waals surface area contributed by atoms with Gasteiger partial charge in [-0.2, -0.15) is 0 Å². The molecule has 1 N–H and O–H groups in total. The molecule has 1 atom stereocenters. The molecule has 114 valence electrons. The number of benzene rings is 1. The molecule has 0 aliphatic heterocycles. The first-order chi connectivity index (χ1) is 10.2. The molecule has 5 heteroatoms. The van der Waals surface area contributed by atoms with Gasteiger partial charge in [-0.25, -0.2) is 4.98 Å². The van der Waals surface area contributed by atoms with Gasteiger partial charge in [-0.05, 0) is 31.0 Å². The second-order valence-corrected chi connectivity index (χ2v) is 6.12. The van der Waals surface area contributed by atoms with E-state index >= 15 is 0 Å². The Kier molecular flexibility index (Phi) is 5.56. The lowest BCUT2D eigenvalue weighted by molar-refractivity contribution is -0.120. The molecule has 1 aromatic carbocycles. The number of unbranched alkanes of at least 4 members (excludes halogenated alkanes) is 1. The molecule has 0 spiro atoms. The number of nitrogens with one attached hydrogen (secondary N) is 1. The van der Waals surface area contributed by atoms with Crippen LogP contribution in [0.25, 0.3) is 10.2 Å². The Morgan fingerprint density at radius 2 is 2.24 bits per heavy atom. The topological polar surface area (TPSA) is 51.2 Å². The van der Waals surface area contributed by atoms with Gasteiger partial charge in [0.2, 0.25) is 5.91 Å². The number of ether oxygens (including phenoxy) is 1. The summed E-state index contributed by atoms with van der Waals surface area (Å²) in [6.07, 6.45) is 4.01. The molecule has 0 bridgehead atoms. The number of fused-ring (bicyclic) bond motifs is 1. The minimum absolute atomic E-state index is 0.0755. The van der Waals surface area contributed by atoms with E-state index in [0.29, 0.717) is 5.13 Å². The maximum Gasteiger partial charge on any atom is 0.229 e. The Bertz CT molecular complexity index is 609. The predicted octanol–water partition coefficient (Wildman–Crippen LogP) is 4.46. The van der Waals surface area contributed by atoms with E-state index in [9.17, 15) is 4.79 Å². The average Bonchev–Trinajstić information content (AvgIpc) is 2.88. The van der Waals surface area contributed by atoms with Crippen LogP contribution in [0.3, 0.4) is 0 Å². The highest BCUT2D eigenvalue weighted by Crippen LogP contribution is 2.29. The fourth-order valence-corrected chi connectivity index (χ4v) is 3.16. The summed E-state index contributed by atoms with van der Waals surface area (Å²) in [5.74, 6) is 0.960. The summed E-state index contributed by atoms with van der Waals surface area (Å²) >= 11 is 1.48. The van der Waals surface area contributed by atoms with Crippen molar-refractivity contribution < 1.29 is 9.53 Å². The number of nitrogens with zero attached hydrogens (tertiary/aromatic N) is 1. The highest BCUT2D eigenvalue weighted by Gasteiger charge is 2.17. The second-order valence-electron chi connectivity index (χ2n) is 5.09. The number of methoxy groups -OCH3 is 1. The van der Waals surface area contributed by atoms with Crippen LogP contribution >= 0.6 is 11.3 Å². The van der Waals surface area contributed by atoms with Crippen molar-refractivity contribution in [3.63, 3.8) is 0 Å². The van der Waals surface area contributed by atoms with Gasteiger partial charge >= 0.3 is 0 Å². The van der Waals surface area contributed by atoms with E-state index in [-0.39, 0.29) is 11.8 Å². The van der Waals surface area contributed by atoms with Crippen molar-refractivity contribution in [3.8, 4) is 5.75 Å². The Morgan fingerprint density at radius 1 is 1.43 bits per heavy atom. The van der Waals surface area contributed by atoms with Crippen molar-refractivity contribution >= 4 is 32.6 Å². The number of thiazole rings is 1. The number of carbonyl (C=O) groups excluding carboxylic acids is 1. The Labute approximate surface area is 129 Å². The zero-order chi connectivity index (χ0) is 15.2. The zero-order valence-corrected chi connectivity index (χ0v) is 13.6. The highest BCUT2D eigenvalue weighted by molar-refractivity contribution is 7.22. The number of hydrogen-bond acceptors (Lipinski definition) is 4. The molecule has 0 fully saturated rings. The highest BCUT2D eigenvalue weighted by atomic mass is 32.1. The van der Waals surface area contributed by atoms with Crippen molar-refractivity contribution in [1.82, 2.24) is 4.98 Å². The van der Waals surface area contributed by atoms with Gasteiger partial charge in [-0.15, -0.1) is 0 Å². The summed E-state index contributed by atoms with van der Waals surface area (Å²) in [7, 11) is 1.64. The summed E-state index contributed by atoms with van der Waals surface area (Å²) in [4.78, 5) is 16.7. The molecule has 0 aliphatic rings. The molecule has 1 unspecified atom stereocenters. The van der Waals surface area contributed by atoms with Gasteiger partial charge in [-0.1, -0.05) is 38.0 Å². The Balaban J connectivity index is 2.09. The van der Waals surface area contributed by atoms with Crippen LogP contribution in [0.1, 0.15) is 39.5 Å². The molecule has 0 aliphatic carbocycles. The standard InChI is InChI=1S/C16H22N2O2S/c1-4-6-7-11(5-2)15(19)18-16-17-13-9-8-12(20-3)10-14(13)21-16/h8-11H,4-7H2,1-3H3,(H,17,18,19). The van der Waals surface area contributed by atoms with E-state index in [1.165, 1.54) is 11.3 Å². The smallest absolute Gasteiger partial charge is 0.229 e. The van der Waals surface area contributed by atoms with Gasteiger partial charge in [0.05, 0.1) is 17.3 Å². The van der Waals surface area contributed by atoms with Crippen LogP contribution in [0.2, 0.25) is 0 Å². The largest absolute Gasteiger partial charge is 0.497 e. The first kappa shape index (κ1) is 15.8. The van der Waals surface area contributed by atoms with Gasteiger partial charge in [-0.3, -0.25) is 4.79 Å². The number of carbonyl (C=O) groups is 1. The van der Waals surface area contributed by atoms with Crippen LogP contribution in [-0.4, -0.2) is 18.0 Å². The molecule has 1 heterocycles. The SMILES string of the molecule is CCCCC(CC)C(=O)Nc1nc2ccc(OC)cc2s1. The monoisotopic (exact) mass is 306 g/mol. The fraction of sp³-hybridized carbons (Fsp3) is 0.500. The Morgan fingerprint density at radius 3 is 2.90 bits per heavy atom. The van der Waals surface area contributed by atoms with E-state index in [2.05, 4.69) is 24.1 Å². The third-order valence-electron chi connectivity index (χ3n) is 3.60. The quantitative estimate of drug-likeness (QED) is 0.821. The van der Waals surface area contributed by atoms with Crippen molar-refractivity contribution in [1.29, 1.82) is 0 Å². The van der Waals surface area contributed by atoms with Crippen molar-refractivity contribution in [3.05, 3.63) is 18.2 Å². The van der Waals surface area contributed by atoms with E-state index in [0.717, 1.165) is 41.6 Å². The number of rotatable bonds is 7. The van der Waals surface area contributed by atoms with E-state index in [1.807, 2.05) is 18.2 Å². The lowest BCUT2D eigenvalue weighted by Gasteiger charge is -2.12. The minimum Gasteiger partial charge on any atom is -0.497 e. The number of aromatic nitrogens is 1. The molecule has 0 saturated heterocycles. The Hall–Kier alpha value is -1.62. The molecular weight excluding hydrogens is 284 g/mol. The first-order valence-corrected chi connectivity index (χ1v) is 8.25. The maximum absolute atomic E-state index is 12.3. The van der Waals surface area contributed by atoms with Crippen LogP contribution in [0.4, 0.5) is 5.13 Å². The van der Waals surface area contributed by atoms with E-state index in [4.69, 9.17) is 4.74 Å². The summed E-state index contributed by atoms with van der Waals surface area (Å²) in [5, 5.41) is 3.62. The van der Waals surface area contributed by atoms with Crippen molar-refractivity contribution in [2.75, 3.05) is 12.4 Å². The van der Waals surface area contributed by atoms with Crippen molar-refractivity contribution in [2.45, 2.75) is 39.5 Å². The lowest BCUT2D eigenvalue weighted by Crippen LogP contribution is -2.22. The molecule has 2 aromatic rings. The normalized spacial score (nSPS) is 12.3. The zero-order valence-electron chi connectivity index (χ0n) is 12.8. The summed E-state index contributed by atoms with van der Waals surface area (Å²) < 4.78 is 6.22. The fourth-order valence-electron chi connectivity index (χ4n) is 2.26. The van der Waals surface area contributed by atoms with E-state index < -0.39 is 0 Å². The number of amides is 1. The van der Waals surface area contributed by atoms with Gasteiger partial charge in [0.1, 0.15) is 5.75 Å². The van der Waals surface area contributed by atoms with Gasteiger partial charge in [0.25, 0.3) is 0 Å².